The second-order valence-electron chi connectivity index (χ2n) is 7.02. The molecule has 0 saturated carbocycles. The van der Waals surface area contributed by atoms with Crippen molar-refractivity contribution >= 4 is 38.9 Å². The van der Waals surface area contributed by atoms with Crippen molar-refractivity contribution in [3.8, 4) is 5.75 Å². The number of carbonyl (C=O) groups is 1. The Morgan fingerprint density at radius 3 is 2.62 bits per heavy atom. The van der Waals surface area contributed by atoms with E-state index in [9.17, 15) is 13.2 Å². The van der Waals surface area contributed by atoms with E-state index in [1.165, 1.54) is 13.2 Å². The van der Waals surface area contributed by atoms with Crippen LogP contribution in [0.2, 0.25) is 5.02 Å². The van der Waals surface area contributed by atoms with Crippen molar-refractivity contribution in [1.29, 1.82) is 0 Å². The molecular weight excluding hydrogens is 412 g/mol. The first-order valence-electron chi connectivity index (χ1n) is 9.50. The van der Waals surface area contributed by atoms with E-state index in [2.05, 4.69) is 0 Å². The van der Waals surface area contributed by atoms with E-state index in [4.69, 9.17) is 16.3 Å². The lowest BCUT2D eigenvalue weighted by atomic mass is 10.0. The summed E-state index contributed by atoms with van der Waals surface area (Å²) < 4.78 is 31.7. The molecule has 2 aromatic rings. The van der Waals surface area contributed by atoms with Gasteiger partial charge in [-0.1, -0.05) is 36.7 Å². The first-order valence-corrected chi connectivity index (χ1v) is 11.7. The maximum atomic E-state index is 13.5. The molecular formula is C21H25ClN2O4S. The molecule has 156 valence electrons. The molecule has 0 unspecified atom stereocenters. The van der Waals surface area contributed by atoms with E-state index in [1.54, 1.807) is 17.0 Å². The van der Waals surface area contributed by atoms with Gasteiger partial charge in [-0.05, 0) is 49.1 Å². The zero-order valence-corrected chi connectivity index (χ0v) is 18.3. The number of amides is 1. The summed E-state index contributed by atoms with van der Waals surface area (Å²) in [5.41, 5.74) is 2.28. The first-order chi connectivity index (χ1) is 13.8. The van der Waals surface area contributed by atoms with Gasteiger partial charge in [-0.25, -0.2) is 8.42 Å². The number of hydrogen-bond acceptors (Lipinski definition) is 4. The van der Waals surface area contributed by atoms with E-state index in [-0.39, 0.29) is 10.9 Å². The Hall–Kier alpha value is -2.25. The number of ether oxygens (including phenoxy) is 1. The molecule has 1 atom stereocenters. The summed E-state index contributed by atoms with van der Waals surface area (Å²) in [6.45, 7) is 2.37. The molecule has 0 fully saturated rings. The van der Waals surface area contributed by atoms with Crippen molar-refractivity contribution in [2.24, 2.45) is 0 Å². The number of benzene rings is 2. The van der Waals surface area contributed by atoms with Gasteiger partial charge >= 0.3 is 0 Å². The molecule has 6 nitrogen and oxygen atoms in total. The summed E-state index contributed by atoms with van der Waals surface area (Å²) in [6, 6.07) is 11.6. The Bertz CT molecular complexity index is 1010. The average molecular weight is 437 g/mol. The van der Waals surface area contributed by atoms with Crippen molar-refractivity contribution in [3.63, 3.8) is 0 Å². The zero-order chi connectivity index (χ0) is 21.2. The number of para-hydroxylation sites is 1. The minimum absolute atomic E-state index is 0.239. The third kappa shape index (κ3) is 4.36. The maximum absolute atomic E-state index is 13.5. The van der Waals surface area contributed by atoms with Gasteiger partial charge < -0.3 is 9.64 Å². The quantitative estimate of drug-likeness (QED) is 0.689. The topological polar surface area (TPSA) is 66.9 Å². The second-order valence-corrected chi connectivity index (χ2v) is 9.29. The van der Waals surface area contributed by atoms with Gasteiger partial charge in [0, 0.05) is 12.2 Å². The highest BCUT2D eigenvalue weighted by Crippen LogP contribution is 2.33. The summed E-state index contributed by atoms with van der Waals surface area (Å²) >= 11 is 6.22. The lowest BCUT2D eigenvalue weighted by molar-refractivity contribution is -0.119. The fourth-order valence-electron chi connectivity index (χ4n) is 3.78. The number of nitrogens with zero attached hydrogens (tertiary/aromatic N) is 2. The maximum Gasteiger partial charge on any atom is 0.250 e. The molecule has 0 aromatic heterocycles. The number of carbonyl (C=O) groups excluding carboxylic acids is 1. The lowest BCUT2D eigenvalue weighted by Gasteiger charge is -2.36. The van der Waals surface area contributed by atoms with Gasteiger partial charge in [-0.3, -0.25) is 9.10 Å². The van der Waals surface area contributed by atoms with Crippen LogP contribution in [0.25, 0.3) is 0 Å². The van der Waals surface area contributed by atoms with E-state index in [0.717, 1.165) is 34.7 Å². The molecule has 29 heavy (non-hydrogen) atoms. The van der Waals surface area contributed by atoms with Gasteiger partial charge in [0.25, 0.3) is 5.91 Å². The zero-order valence-electron chi connectivity index (χ0n) is 16.8. The number of halogens is 1. The van der Waals surface area contributed by atoms with E-state index >= 15 is 0 Å². The summed E-state index contributed by atoms with van der Waals surface area (Å²) in [5, 5.41) is 0.282. The van der Waals surface area contributed by atoms with Crippen LogP contribution in [0.3, 0.4) is 0 Å². The number of hydrogen-bond donors (Lipinski definition) is 0. The standard InChI is InChI=1S/C21H25ClN2O4S/c1-4-18(21(25)23-13-7-9-15-8-5-6-10-19(15)23)24(29(3,26)27)16-11-12-20(28-2)17(22)14-16/h5-6,8,10-12,14,18H,4,7,9,13H2,1-3H3/t18-/m0/s1. The number of anilines is 2. The second kappa shape index (κ2) is 8.63. The number of rotatable bonds is 6. The normalized spacial score (nSPS) is 14.8. The SMILES string of the molecule is CC[C@@H](C(=O)N1CCCc2ccccc21)N(c1ccc(OC)c(Cl)c1)S(C)(=O)=O. The van der Waals surface area contributed by atoms with Crippen molar-refractivity contribution in [3.05, 3.63) is 53.1 Å². The predicted molar refractivity (Wildman–Crippen MR) is 117 cm³/mol. The van der Waals surface area contributed by atoms with Gasteiger partial charge in [0.1, 0.15) is 11.8 Å². The lowest BCUT2D eigenvalue weighted by Crippen LogP contribution is -2.52. The van der Waals surface area contributed by atoms with Crippen LogP contribution >= 0.6 is 11.6 Å². The predicted octanol–water partition coefficient (Wildman–Crippen LogP) is 3.87. The van der Waals surface area contributed by atoms with Crippen LogP contribution in [0.15, 0.2) is 42.5 Å². The minimum atomic E-state index is -3.74. The number of methoxy groups -OCH3 is 1. The molecule has 1 aliphatic rings. The van der Waals surface area contributed by atoms with Crippen LogP contribution in [-0.2, 0) is 21.2 Å². The molecule has 1 amide bonds. The number of fused-ring (bicyclic) bond motifs is 1. The van der Waals surface area contributed by atoms with Gasteiger partial charge in [-0.2, -0.15) is 0 Å². The summed E-state index contributed by atoms with van der Waals surface area (Å²) in [6.07, 6.45) is 3.17. The summed E-state index contributed by atoms with van der Waals surface area (Å²) in [4.78, 5) is 15.2. The van der Waals surface area contributed by atoms with Crippen LogP contribution in [0.1, 0.15) is 25.3 Å². The van der Waals surface area contributed by atoms with E-state index in [1.807, 2.05) is 31.2 Å². The van der Waals surface area contributed by atoms with Gasteiger partial charge in [-0.15, -0.1) is 0 Å². The third-order valence-electron chi connectivity index (χ3n) is 5.08. The molecule has 1 aliphatic heterocycles. The molecule has 3 rings (SSSR count). The monoisotopic (exact) mass is 436 g/mol. The minimum Gasteiger partial charge on any atom is -0.495 e. The highest BCUT2D eigenvalue weighted by Gasteiger charge is 2.36. The largest absolute Gasteiger partial charge is 0.495 e. The number of aryl methyl sites for hydroxylation is 1. The highest BCUT2D eigenvalue weighted by molar-refractivity contribution is 7.92. The van der Waals surface area contributed by atoms with Crippen molar-refractivity contribution in [2.45, 2.75) is 32.2 Å². The molecule has 0 spiro atoms. The number of sulfonamides is 1. The first kappa shape index (κ1) is 21.5. The van der Waals surface area contributed by atoms with Crippen LogP contribution in [0.4, 0.5) is 11.4 Å². The third-order valence-corrected chi connectivity index (χ3v) is 6.55. The van der Waals surface area contributed by atoms with Gasteiger partial charge in [0.05, 0.1) is 24.1 Å². The van der Waals surface area contributed by atoms with Crippen LogP contribution in [-0.4, -0.2) is 40.3 Å². The molecule has 0 N–H and O–H groups in total. The fourth-order valence-corrected chi connectivity index (χ4v) is 5.23. The van der Waals surface area contributed by atoms with Crippen molar-refractivity contribution < 1.29 is 17.9 Å². The van der Waals surface area contributed by atoms with Crippen molar-refractivity contribution in [2.75, 3.05) is 29.1 Å². The Kier molecular flexibility index (Phi) is 6.39. The Morgan fingerprint density at radius 2 is 2.00 bits per heavy atom. The van der Waals surface area contributed by atoms with Crippen LogP contribution < -0.4 is 13.9 Å². The Labute approximate surface area is 177 Å². The summed E-state index contributed by atoms with van der Waals surface area (Å²) in [5.74, 6) is 0.199. The van der Waals surface area contributed by atoms with Crippen LogP contribution in [0, 0.1) is 0 Å². The Balaban J connectivity index is 2.03. The molecule has 1 heterocycles. The van der Waals surface area contributed by atoms with Gasteiger partial charge in [0.2, 0.25) is 10.0 Å². The molecule has 0 aliphatic carbocycles. The smallest absolute Gasteiger partial charge is 0.250 e. The van der Waals surface area contributed by atoms with Gasteiger partial charge in [0.15, 0.2) is 0 Å². The highest BCUT2D eigenvalue weighted by atomic mass is 35.5. The molecule has 0 radical (unpaired) electrons. The molecule has 0 saturated heterocycles. The fraction of sp³-hybridized carbons (Fsp3) is 0.381. The Morgan fingerprint density at radius 1 is 1.28 bits per heavy atom. The van der Waals surface area contributed by atoms with Crippen molar-refractivity contribution in [1.82, 2.24) is 0 Å². The molecule has 0 bridgehead atoms. The van der Waals surface area contributed by atoms with Crippen LogP contribution in [0.5, 0.6) is 5.75 Å². The van der Waals surface area contributed by atoms with E-state index < -0.39 is 16.1 Å². The summed E-state index contributed by atoms with van der Waals surface area (Å²) in [7, 11) is -2.25. The molecule has 8 heteroatoms. The molecule has 2 aromatic carbocycles. The van der Waals surface area contributed by atoms with E-state index in [0.29, 0.717) is 24.4 Å². The average Bonchev–Trinajstić information content (AvgIpc) is 2.70.